The number of amides is 1. The average Bonchev–Trinajstić information content (AvgIpc) is 3.18. The number of ether oxygens (including phenoxy) is 4. The molecule has 11 heteroatoms. The number of nitrogens with one attached hydrogen (secondary N) is 2. The van der Waals surface area contributed by atoms with Crippen molar-refractivity contribution in [3.05, 3.63) is 53.6 Å². The zero-order valence-electron chi connectivity index (χ0n) is 25.5. The molecule has 2 aliphatic rings. The molecule has 0 aromatic heterocycles. The molecule has 1 fully saturated rings. The summed E-state index contributed by atoms with van der Waals surface area (Å²) >= 11 is 0. The third kappa shape index (κ3) is 11.2. The maximum Gasteiger partial charge on any atom is 0.222 e. The van der Waals surface area contributed by atoms with Crippen molar-refractivity contribution in [1.29, 1.82) is 0 Å². The van der Waals surface area contributed by atoms with E-state index >= 15 is 0 Å². The molecule has 0 saturated carbocycles. The lowest BCUT2D eigenvalue weighted by Gasteiger charge is -2.36. The number of anilines is 2. The van der Waals surface area contributed by atoms with E-state index in [0.717, 1.165) is 67.6 Å². The van der Waals surface area contributed by atoms with Crippen LogP contribution in [0.25, 0.3) is 0 Å². The van der Waals surface area contributed by atoms with Crippen LogP contribution in [0, 0.1) is 6.92 Å². The van der Waals surface area contributed by atoms with Gasteiger partial charge in [-0.1, -0.05) is 18.2 Å². The molecule has 11 nitrogen and oxygen atoms in total. The average molecular weight is 597 g/mol. The lowest BCUT2D eigenvalue weighted by Crippen LogP contribution is -2.49. The van der Waals surface area contributed by atoms with E-state index < -0.39 is 0 Å². The van der Waals surface area contributed by atoms with Crippen molar-refractivity contribution < 1.29 is 23.7 Å². The second kappa shape index (κ2) is 18.6. The number of carbonyl (C=O) groups is 1. The molecule has 4 rings (SSSR count). The number of aliphatic imine (C=N–C) groups is 1. The van der Waals surface area contributed by atoms with Gasteiger partial charge in [0.2, 0.25) is 5.91 Å². The Hall–Kier alpha value is -3.06. The van der Waals surface area contributed by atoms with Crippen molar-refractivity contribution in [2.75, 3.05) is 104 Å². The van der Waals surface area contributed by atoms with E-state index in [1.54, 1.807) is 0 Å². The molecule has 0 spiro atoms. The van der Waals surface area contributed by atoms with E-state index in [1.807, 2.05) is 0 Å². The Bertz CT molecular complexity index is 1150. The Labute approximate surface area is 255 Å². The van der Waals surface area contributed by atoms with Gasteiger partial charge in [-0.05, 0) is 49.7 Å². The van der Waals surface area contributed by atoms with Crippen LogP contribution in [0.2, 0.25) is 0 Å². The Balaban J connectivity index is 1.05. The van der Waals surface area contributed by atoms with Crippen molar-refractivity contribution in [3.8, 4) is 0 Å². The van der Waals surface area contributed by atoms with Crippen LogP contribution in [0.15, 0.2) is 47.5 Å². The topological polar surface area (TPSA) is 123 Å². The molecule has 43 heavy (non-hydrogen) atoms. The number of nitrogens with two attached hydrogens (primary N) is 1. The molecule has 2 aliphatic heterocycles. The molecule has 2 aromatic rings. The van der Waals surface area contributed by atoms with Crippen molar-refractivity contribution >= 4 is 28.8 Å². The van der Waals surface area contributed by atoms with E-state index in [9.17, 15) is 4.79 Å². The predicted octanol–water partition coefficient (Wildman–Crippen LogP) is 2.67. The van der Waals surface area contributed by atoms with Gasteiger partial charge in [-0.2, -0.15) is 0 Å². The molecule has 236 valence electrons. The Kier molecular flexibility index (Phi) is 14.2. The lowest BCUT2D eigenvalue weighted by atomic mass is 10.1. The largest absolute Gasteiger partial charge is 0.379 e. The summed E-state index contributed by atoms with van der Waals surface area (Å²) in [6, 6.07) is 14.8. The second-order valence-electron chi connectivity index (χ2n) is 10.6. The van der Waals surface area contributed by atoms with Gasteiger partial charge in [0.05, 0.1) is 64.2 Å². The Morgan fingerprint density at radius 2 is 1.56 bits per heavy atom. The smallest absolute Gasteiger partial charge is 0.222 e. The minimum atomic E-state index is 0.0187. The summed E-state index contributed by atoms with van der Waals surface area (Å²) in [5.41, 5.74) is 10.8. The van der Waals surface area contributed by atoms with Gasteiger partial charge in [0, 0.05) is 56.9 Å². The van der Waals surface area contributed by atoms with Gasteiger partial charge in [0.1, 0.15) is 5.84 Å². The molecule has 0 aliphatic carbocycles. The molecule has 2 aromatic carbocycles. The van der Waals surface area contributed by atoms with E-state index in [0.29, 0.717) is 72.4 Å². The Morgan fingerprint density at radius 3 is 2.28 bits per heavy atom. The van der Waals surface area contributed by atoms with Crippen LogP contribution in [0.1, 0.15) is 24.0 Å². The van der Waals surface area contributed by atoms with Gasteiger partial charge >= 0.3 is 0 Å². The van der Waals surface area contributed by atoms with E-state index in [2.05, 4.69) is 69.8 Å². The number of carbonyl (C=O) groups excluding carboxylic acids is 1. The predicted molar refractivity (Wildman–Crippen MR) is 170 cm³/mol. The summed E-state index contributed by atoms with van der Waals surface area (Å²) in [4.78, 5) is 22.2. The highest BCUT2D eigenvalue weighted by Crippen LogP contribution is 2.35. The minimum Gasteiger partial charge on any atom is -0.379 e. The van der Waals surface area contributed by atoms with Crippen LogP contribution in [-0.2, 0) is 23.7 Å². The van der Waals surface area contributed by atoms with Crippen molar-refractivity contribution in [3.63, 3.8) is 0 Å². The van der Waals surface area contributed by atoms with Crippen LogP contribution >= 0.6 is 0 Å². The number of para-hydroxylation sites is 1. The molecule has 1 saturated heterocycles. The van der Waals surface area contributed by atoms with E-state index in [-0.39, 0.29) is 5.91 Å². The quantitative estimate of drug-likeness (QED) is 0.223. The number of aryl methyl sites for hydroxylation is 1. The van der Waals surface area contributed by atoms with Crippen molar-refractivity contribution in [2.24, 2.45) is 10.7 Å². The van der Waals surface area contributed by atoms with Gasteiger partial charge in [-0.25, -0.2) is 4.99 Å². The standard InChI is InChI=1S/C32H48N6O5/c1-26-7-8-29-30(25-26)36-32(27-5-2-3-6-28(27)35-29)38-15-13-37(14-16-38)12-4-11-34-31(39)9-17-40-19-21-42-23-24-43-22-20-41-18-10-33/h2-3,5-8,25,35H,4,9-24,33H2,1H3,(H,34,39). The van der Waals surface area contributed by atoms with Crippen molar-refractivity contribution in [2.45, 2.75) is 19.8 Å². The van der Waals surface area contributed by atoms with Crippen LogP contribution < -0.4 is 16.4 Å². The maximum absolute atomic E-state index is 12.2. The molecule has 0 radical (unpaired) electrons. The molecule has 2 heterocycles. The van der Waals surface area contributed by atoms with Gasteiger partial charge in [0.15, 0.2) is 0 Å². The summed E-state index contributed by atoms with van der Waals surface area (Å²) in [5.74, 6) is 1.05. The first kappa shape index (κ1) is 32.8. The Morgan fingerprint density at radius 1 is 0.884 bits per heavy atom. The summed E-state index contributed by atoms with van der Waals surface area (Å²) in [7, 11) is 0. The zero-order valence-corrected chi connectivity index (χ0v) is 25.5. The van der Waals surface area contributed by atoms with Gasteiger partial charge in [-0.15, -0.1) is 0 Å². The fourth-order valence-electron chi connectivity index (χ4n) is 5.00. The third-order valence-electron chi connectivity index (χ3n) is 7.31. The summed E-state index contributed by atoms with van der Waals surface area (Å²) in [6.45, 7) is 12.0. The number of hydrogen-bond donors (Lipinski definition) is 3. The summed E-state index contributed by atoms with van der Waals surface area (Å²) in [5, 5.41) is 6.59. The first-order valence-corrected chi connectivity index (χ1v) is 15.4. The number of fused-ring (bicyclic) bond motifs is 2. The van der Waals surface area contributed by atoms with E-state index in [4.69, 9.17) is 29.7 Å². The first-order valence-electron chi connectivity index (χ1n) is 15.4. The molecule has 0 bridgehead atoms. The lowest BCUT2D eigenvalue weighted by molar-refractivity contribution is -0.122. The van der Waals surface area contributed by atoms with E-state index in [1.165, 1.54) is 5.56 Å². The molecular weight excluding hydrogens is 548 g/mol. The van der Waals surface area contributed by atoms with Gasteiger partial charge in [0.25, 0.3) is 0 Å². The highest BCUT2D eigenvalue weighted by atomic mass is 16.6. The molecule has 1 amide bonds. The normalized spacial score (nSPS) is 14.8. The summed E-state index contributed by atoms with van der Waals surface area (Å²) < 4.78 is 21.6. The molecular formula is C32H48N6O5. The monoisotopic (exact) mass is 596 g/mol. The van der Waals surface area contributed by atoms with Gasteiger partial charge < -0.3 is 40.2 Å². The van der Waals surface area contributed by atoms with Crippen LogP contribution in [0.4, 0.5) is 17.1 Å². The molecule has 0 unspecified atom stereocenters. The highest BCUT2D eigenvalue weighted by molar-refractivity contribution is 6.07. The molecule has 0 atom stereocenters. The first-order chi connectivity index (χ1) is 21.1. The van der Waals surface area contributed by atoms with Crippen LogP contribution in [-0.4, -0.2) is 120 Å². The van der Waals surface area contributed by atoms with Crippen molar-refractivity contribution in [1.82, 2.24) is 15.1 Å². The van der Waals surface area contributed by atoms with Gasteiger partial charge in [-0.3, -0.25) is 9.69 Å². The fourth-order valence-corrected chi connectivity index (χ4v) is 5.00. The third-order valence-corrected chi connectivity index (χ3v) is 7.31. The number of hydrogen-bond acceptors (Lipinski definition) is 10. The van der Waals surface area contributed by atoms with Crippen LogP contribution in [0.3, 0.4) is 0 Å². The maximum atomic E-state index is 12.2. The number of benzene rings is 2. The number of amidine groups is 1. The SMILES string of the molecule is Cc1ccc2c(c1)N=C(N1CCN(CCCNC(=O)CCOCCOCCOCCOCCN)CC1)c1ccccc1N2. The number of nitrogens with zero attached hydrogens (tertiary/aromatic N) is 3. The minimum absolute atomic E-state index is 0.0187. The zero-order chi connectivity index (χ0) is 30.1. The number of rotatable bonds is 18. The summed E-state index contributed by atoms with van der Waals surface area (Å²) in [6.07, 6.45) is 1.27. The highest BCUT2D eigenvalue weighted by Gasteiger charge is 2.24. The second-order valence-corrected chi connectivity index (χ2v) is 10.6. The molecule has 4 N–H and O–H groups in total. The van der Waals surface area contributed by atoms with Crippen LogP contribution in [0.5, 0.6) is 0 Å². The number of piperazine rings is 1. The fraction of sp³-hybridized carbons (Fsp3) is 0.562.